The number of hydrogen-bond donors (Lipinski definition) is 1. The van der Waals surface area contributed by atoms with Crippen LogP contribution in [-0.2, 0) is 4.74 Å². The summed E-state index contributed by atoms with van der Waals surface area (Å²) in [6.45, 7) is 3.94. The van der Waals surface area contributed by atoms with Gasteiger partial charge in [-0.15, -0.1) is 0 Å². The normalized spacial score (nSPS) is 22.2. The van der Waals surface area contributed by atoms with E-state index in [0.29, 0.717) is 6.54 Å². The Morgan fingerprint density at radius 2 is 2.30 bits per heavy atom. The average Bonchev–Trinajstić information content (AvgIpc) is 1.85. The summed E-state index contributed by atoms with van der Waals surface area (Å²) in [5.74, 6) is 0. The summed E-state index contributed by atoms with van der Waals surface area (Å²) >= 11 is 0. The lowest BCUT2D eigenvalue weighted by Crippen LogP contribution is -2.52. The average molecular weight is 147 g/mol. The lowest BCUT2D eigenvalue weighted by atomic mass is 10.1. The van der Waals surface area contributed by atoms with Gasteiger partial charge in [0.1, 0.15) is 0 Å². The second-order valence-corrected chi connectivity index (χ2v) is 2.82. The minimum Gasteiger partial charge on any atom is -0.375 e. The lowest BCUT2D eigenvalue weighted by molar-refractivity contribution is -0.127. The van der Waals surface area contributed by atoms with Crippen molar-refractivity contribution in [1.29, 1.82) is 0 Å². The third kappa shape index (κ3) is 1.92. The zero-order valence-corrected chi connectivity index (χ0v) is 6.32. The van der Waals surface area contributed by atoms with E-state index in [0.717, 1.165) is 13.0 Å². The Kier molecular flexibility index (Phi) is 2.63. The standard InChI is InChI=1S/C7H14FNO/c1-2-3-9-4-7(8)5-10-6-7/h9H,2-6H2,1H3. The van der Waals surface area contributed by atoms with Crippen LogP contribution in [0, 0.1) is 0 Å². The maximum absolute atomic E-state index is 13.0. The van der Waals surface area contributed by atoms with Crippen LogP contribution in [0.5, 0.6) is 0 Å². The quantitative estimate of drug-likeness (QED) is 0.592. The van der Waals surface area contributed by atoms with Gasteiger partial charge in [-0.25, -0.2) is 4.39 Å². The van der Waals surface area contributed by atoms with E-state index in [-0.39, 0.29) is 13.2 Å². The first-order valence-corrected chi connectivity index (χ1v) is 3.74. The molecule has 1 saturated heterocycles. The molecule has 0 aliphatic carbocycles. The van der Waals surface area contributed by atoms with Crippen molar-refractivity contribution in [1.82, 2.24) is 5.32 Å². The van der Waals surface area contributed by atoms with Gasteiger partial charge < -0.3 is 10.1 Å². The second-order valence-electron chi connectivity index (χ2n) is 2.82. The Morgan fingerprint density at radius 3 is 2.70 bits per heavy atom. The molecular weight excluding hydrogens is 133 g/mol. The highest BCUT2D eigenvalue weighted by Gasteiger charge is 2.37. The molecule has 0 amide bonds. The minimum atomic E-state index is -1.06. The molecule has 1 aliphatic heterocycles. The van der Waals surface area contributed by atoms with Crippen molar-refractivity contribution in [2.45, 2.75) is 19.0 Å². The zero-order valence-electron chi connectivity index (χ0n) is 6.32. The molecule has 0 saturated carbocycles. The van der Waals surface area contributed by atoms with Gasteiger partial charge >= 0.3 is 0 Å². The molecule has 1 heterocycles. The second kappa shape index (κ2) is 3.30. The topological polar surface area (TPSA) is 21.3 Å². The van der Waals surface area contributed by atoms with E-state index in [2.05, 4.69) is 12.2 Å². The Labute approximate surface area is 60.8 Å². The monoisotopic (exact) mass is 147 g/mol. The van der Waals surface area contributed by atoms with Gasteiger partial charge in [-0.2, -0.15) is 0 Å². The summed E-state index contributed by atoms with van der Waals surface area (Å²) in [6, 6.07) is 0. The van der Waals surface area contributed by atoms with Crippen LogP contribution in [-0.4, -0.2) is 32.0 Å². The highest BCUT2D eigenvalue weighted by atomic mass is 19.1. The third-order valence-corrected chi connectivity index (χ3v) is 1.59. The first kappa shape index (κ1) is 7.95. The summed E-state index contributed by atoms with van der Waals surface area (Å²) in [4.78, 5) is 0. The largest absolute Gasteiger partial charge is 0.375 e. The van der Waals surface area contributed by atoms with Crippen molar-refractivity contribution in [2.75, 3.05) is 26.3 Å². The molecule has 0 spiro atoms. The fourth-order valence-electron chi connectivity index (χ4n) is 0.915. The molecule has 1 rings (SSSR count). The summed E-state index contributed by atoms with van der Waals surface area (Å²) < 4.78 is 17.8. The molecular formula is C7H14FNO. The van der Waals surface area contributed by atoms with Crippen molar-refractivity contribution in [2.24, 2.45) is 0 Å². The highest BCUT2D eigenvalue weighted by molar-refractivity contribution is 4.87. The fourth-order valence-corrected chi connectivity index (χ4v) is 0.915. The van der Waals surface area contributed by atoms with E-state index < -0.39 is 5.67 Å². The highest BCUT2D eigenvalue weighted by Crippen LogP contribution is 2.20. The van der Waals surface area contributed by atoms with Gasteiger partial charge in [0.2, 0.25) is 0 Å². The Hall–Kier alpha value is -0.150. The molecule has 2 nitrogen and oxygen atoms in total. The molecule has 0 unspecified atom stereocenters. The van der Waals surface area contributed by atoms with Crippen LogP contribution in [0.25, 0.3) is 0 Å². The molecule has 60 valence electrons. The van der Waals surface area contributed by atoms with Crippen LogP contribution < -0.4 is 5.32 Å². The molecule has 1 N–H and O–H groups in total. The number of ether oxygens (including phenoxy) is 1. The summed E-state index contributed by atoms with van der Waals surface area (Å²) in [6.07, 6.45) is 1.05. The Morgan fingerprint density at radius 1 is 1.60 bits per heavy atom. The van der Waals surface area contributed by atoms with Gasteiger partial charge in [0.05, 0.1) is 13.2 Å². The first-order valence-electron chi connectivity index (χ1n) is 3.74. The van der Waals surface area contributed by atoms with Crippen LogP contribution in [0.4, 0.5) is 4.39 Å². The lowest BCUT2D eigenvalue weighted by Gasteiger charge is -2.33. The Bertz CT molecular complexity index is 104. The first-order chi connectivity index (χ1) is 4.77. The number of halogens is 1. The third-order valence-electron chi connectivity index (χ3n) is 1.59. The van der Waals surface area contributed by atoms with Crippen molar-refractivity contribution in [3.05, 3.63) is 0 Å². The van der Waals surface area contributed by atoms with E-state index >= 15 is 0 Å². The molecule has 0 aromatic carbocycles. The van der Waals surface area contributed by atoms with Crippen LogP contribution >= 0.6 is 0 Å². The zero-order chi connectivity index (χ0) is 7.45. The SMILES string of the molecule is CCCNCC1(F)COC1. The van der Waals surface area contributed by atoms with Crippen LogP contribution in [0.3, 0.4) is 0 Å². The maximum Gasteiger partial charge on any atom is 0.169 e. The van der Waals surface area contributed by atoms with E-state index in [4.69, 9.17) is 4.74 Å². The number of nitrogens with one attached hydrogen (secondary N) is 1. The summed E-state index contributed by atoms with van der Waals surface area (Å²) in [7, 11) is 0. The van der Waals surface area contributed by atoms with E-state index in [1.807, 2.05) is 0 Å². The van der Waals surface area contributed by atoms with Gasteiger partial charge in [-0.3, -0.25) is 0 Å². The van der Waals surface area contributed by atoms with Crippen molar-refractivity contribution < 1.29 is 9.13 Å². The van der Waals surface area contributed by atoms with Crippen LogP contribution in [0.15, 0.2) is 0 Å². The predicted molar refractivity (Wildman–Crippen MR) is 37.8 cm³/mol. The molecule has 0 bridgehead atoms. The maximum atomic E-state index is 13.0. The summed E-state index contributed by atoms with van der Waals surface area (Å²) in [5, 5.41) is 3.02. The van der Waals surface area contributed by atoms with Gasteiger partial charge in [-0.05, 0) is 13.0 Å². The van der Waals surface area contributed by atoms with Gasteiger partial charge in [0, 0.05) is 6.54 Å². The number of alkyl halides is 1. The smallest absolute Gasteiger partial charge is 0.169 e. The molecule has 1 aliphatic rings. The van der Waals surface area contributed by atoms with Crippen molar-refractivity contribution >= 4 is 0 Å². The minimum absolute atomic E-state index is 0.268. The van der Waals surface area contributed by atoms with E-state index in [1.54, 1.807) is 0 Å². The van der Waals surface area contributed by atoms with E-state index in [1.165, 1.54) is 0 Å². The van der Waals surface area contributed by atoms with Crippen molar-refractivity contribution in [3.8, 4) is 0 Å². The van der Waals surface area contributed by atoms with Gasteiger partial charge in [0.15, 0.2) is 5.67 Å². The van der Waals surface area contributed by atoms with Crippen molar-refractivity contribution in [3.63, 3.8) is 0 Å². The van der Waals surface area contributed by atoms with Gasteiger partial charge in [0.25, 0.3) is 0 Å². The van der Waals surface area contributed by atoms with Crippen LogP contribution in [0.1, 0.15) is 13.3 Å². The van der Waals surface area contributed by atoms with Crippen LogP contribution in [0.2, 0.25) is 0 Å². The van der Waals surface area contributed by atoms with E-state index in [9.17, 15) is 4.39 Å². The van der Waals surface area contributed by atoms with Gasteiger partial charge in [-0.1, -0.05) is 6.92 Å². The molecule has 0 atom stereocenters. The molecule has 1 fully saturated rings. The molecule has 0 aromatic heterocycles. The predicted octanol–water partition coefficient (Wildman–Crippen LogP) is 0.724. The molecule has 10 heavy (non-hydrogen) atoms. The Balaban J connectivity index is 2.01. The fraction of sp³-hybridized carbons (Fsp3) is 1.00. The number of rotatable bonds is 4. The summed E-state index contributed by atoms with van der Waals surface area (Å²) in [5.41, 5.74) is -1.06. The molecule has 0 aromatic rings. The molecule has 3 heteroatoms. The number of hydrogen-bond acceptors (Lipinski definition) is 2. The molecule has 0 radical (unpaired) electrons.